The van der Waals surface area contributed by atoms with Gasteiger partial charge in [0.05, 0.1) is 18.0 Å². The van der Waals surface area contributed by atoms with Crippen LogP contribution in [-0.2, 0) is 4.79 Å². The van der Waals surface area contributed by atoms with Crippen LogP contribution in [0.3, 0.4) is 0 Å². The Labute approximate surface area is 161 Å². The molecule has 2 spiro atoms. The van der Waals surface area contributed by atoms with Crippen molar-refractivity contribution >= 4 is 17.8 Å². The molecule has 1 saturated heterocycles. The van der Waals surface area contributed by atoms with Crippen LogP contribution in [0.5, 0.6) is 0 Å². The van der Waals surface area contributed by atoms with Gasteiger partial charge in [-0.05, 0) is 20.3 Å². The number of hydrogen-bond donors (Lipinski definition) is 0. The number of aliphatic imine (C=N–C) groups is 1. The highest BCUT2D eigenvalue weighted by Crippen LogP contribution is 2.65. The topological polar surface area (TPSA) is 98.4 Å². The van der Waals surface area contributed by atoms with E-state index >= 15 is 0 Å². The van der Waals surface area contributed by atoms with E-state index in [0.717, 1.165) is 18.6 Å². The SMILES string of the molecule is Cc1nc(C2=NC23CCC2(C=[N+]2CC(=O)N2CC(F)CC2C#N)C3(C)C)no1. The van der Waals surface area contributed by atoms with Gasteiger partial charge in [0.2, 0.25) is 30.0 Å². The molecular weight excluding hydrogens is 363 g/mol. The van der Waals surface area contributed by atoms with E-state index in [1.807, 2.05) is 10.6 Å². The largest absolute Gasteiger partial charge is 0.339 e. The fourth-order valence-corrected chi connectivity index (χ4v) is 5.32. The van der Waals surface area contributed by atoms with Crippen LogP contribution in [0.2, 0.25) is 0 Å². The second-order valence-electron chi connectivity index (χ2n) is 8.79. The minimum absolute atomic E-state index is 0.00959. The third-order valence-corrected chi connectivity index (χ3v) is 7.21. The van der Waals surface area contributed by atoms with Gasteiger partial charge in [0.25, 0.3) is 5.91 Å². The summed E-state index contributed by atoms with van der Waals surface area (Å²) in [5, 5.41) is 13.2. The first kappa shape index (κ1) is 17.5. The first-order valence-corrected chi connectivity index (χ1v) is 9.61. The predicted molar refractivity (Wildman–Crippen MR) is 95.9 cm³/mol. The van der Waals surface area contributed by atoms with Crippen molar-refractivity contribution in [1.82, 2.24) is 15.0 Å². The molecule has 3 aliphatic heterocycles. The fraction of sp³-hybridized carbons (Fsp3) is 0.684. The van der Waals surface area contributed by atoms with Crippen LogP contribution in [0.4, 0.5) is 4.39 Å². The Morgan fingerprint density at radius 3 is 2.96 bits per heavy atom. The van der Waals surface area contributed by atoms with E-state index in [9.17, 15) is 14.4 Å². The van der Waals surface area contributed by atoms with Crippen LogP contribution in [0.25, 0.3) is 0 Å². The zero-order valence-corrected chi connectivity index (χ0v) is 16.1. The molecule has 9 heteroatoms. The Morgan fingerprint density at radius 1 is 1.50 bits per heavy atom. The average molecular weight is 385 g/mol. The minimum Gasteiger partial charge on any atom is -0.339 e. The highest BCUT2D eigenvalue weighted by molar-refractivity contribution is 6.16. The molecule has 4 atom stereocenters. The lowest BCUT2D eigenvalue weighted by atomic mass is 9.71. The van der Waals surface area contributed by atoms with Gasteiger partial charge in [-0.1, -0.05) is 5.16 Å². The lowest BCUT2D eigenvalue weighted by molar-refractivity contribution is -0.508. The minimum atomic E-state index is -1.12. The summed E-state index contributed by atoms with van der Waals surface area (Å²) in [6.45, 7) is 6.26. The van der Waals surface area contributed by atoms with Gasteiger partial charge in [0.15, 0.2) is 0 Å². The molecule has 4 heterocycles. The number of likely N-dealkylation sites (tertiary alicyclic amines) is 1. The summed E-state index contributed by atoms with van der Waals surface area (Å²) < 4.78 is 20.8. The van der Waals surface area contributed by atoms with E-state index in [1.54, 1.807) is 6.92 Å². The molecule has 1 saturated carbocycles. The van der Waals surface area contributed by atoms with Crippen molar-refractivity contribution in [2.24, 2.45) is 10.4 Å². The van der Waals surface area contributed by atoms with E-state index < -0.39 is 12.2 Å². The molecular formula is C19H22FN6O2+. The van der Waals surface area contributed by atoms with E-state index in [2.05, 4.69) is 30.2 Å². The van der Waals surface area contributed by atoms with Crippen LogP contribution >= 0.6 is 0 Å². The van der Waals surface area contributed by atoms with Crippen molar-refractivity contribution in [1.29, 1.82) is 5.26 Å². The van der Waals surface area contributed by atoms with Gasteiger partial charge in [-0.2, -0.15) is 10.2 Å². The fourth-order valence-electron chi connectivity index (χ4n) is 5.32. The number of alkyl halides is 1. The quantitative estimate of drug-likeness (QED) is 0.724. The number of nitrogens with zero attached hydrogens (tertiary/aromatic N) is 6. The van der Waals surface area contributed by atoms with Crippen LogP contribution < -0.4 is 0 Å². The number of halogens is 1. The average Bonchev–Trinajstić information content (AvgIpc) is 3.42. The van der Waals surface area contributed by atoms with E-state index in [0.29, 0.717) is 11.7 Å². The molecule has 0 bridgehead atoms. The molecule has 146 valence electrons. The molecule has 1 aromatic rings. The number of hydrogen-bond acceptors (Lipinski definition) is 6. The van der Waals surface area contributed by atoms with Crippen molar-refractivity contribution in [3.63, 3.8) is 0 Å². The summed E-state index contributed by atoms with van der Waals surface area (Å²) in [4.78, 5) is 23.2. The molecule has 1 amide bonds. The molecule has 1 aromatic heterocycles. The highest BCUT2D eigenvalue weighted by Gasteiger charge is 2.81. The van der Waals surface area contributed by atoms with Crippen molar-refractivity contribution < 1.29 is 18.3 Å². The van der Waals surface area contributed by atoms with Gasteiger partial charge in [-0.3, -0.25) is 9.79 Å². The van der Waals surface area contributed by atoms with Crippen molar-refractivity contribution in [2.75, 3.05) is 13.1 Å². The van der Waals surface area contributed by atoms with E-state index in [4.69, 9.17) is 9.52 Å². The maximum absolute atomic E-state index is 13.7. The molecule has 2 fully saturated rings. The summed E-state index contributed by atoms with van der Waals surface area (Å²) in [5.74, 6) is 0.871. The van der Waals surface area contributed by atoms with Gasteiger partial charge >= 0.3 is 0 Å². The molecule has 5 rings (SSSR count). The molecule has 0 aromatic carbocycles. The summed E-state index contributed by atoms with van der Waals surface area (Å²) in [6, 6.07) is 1.37. The highest BCUT2D eigenvalue weighted by atomic mass is 19.1. The van der Waals surface area contributed by atoms with Crippen molar-refractivity contribution in [3.8, 4) is 6.07 Å². The zero-order chi connectivity index (χ0) is 19.9. The van der Waals surface area contributed by atoms with Crippen molar-refractivity contribution in [2.45, 2.75) is 63.3 Å². The van der Waals surface area contributed by atoms with Crippen LogP contribution in [-0.4, -0.2) is 73.8 Å². The second kappa shape index (κ2) is 5.25. The molecule has 0 N–H and O–H groups in total. The summed E-state index contributed by atoms with van der Waals surface area (Å²) in [6.07, 6.45) is 2.82. The Kier molecular flexibility index (Phi) is 3.27. The lowest BCUT2D eigenvalue weighted by Gasteiger charge is -2.28. The monoisotopic (exact) mass is 385 g/mol. The normalized spacial score (nSPS) is 37.2. The Morgan fingerprint density at radius 2 is 2.29 bits per heavy atom. The van der Waals surface area contributed by atoms with Gasteiger partial charge < -0.3 is 9.42 Å². The second-order valence-corrected chi connectivity index (χ2v) is 8.79. The maximum atomic E-state index is 13.7. The number of carbonyl (C=O) groups excluding carboxylic acids is 1. The summed E-state index contributed by atoms with van der Waals surface area (Å²) in [5.41, 5.74) is 0.0859. The molecule has 1 aliphatic carbocycles. The number of carbonyl (C=O) groups is 1. The van der Waals surface area contributed by atoms with Gasteiger partial charge in [0.1, 0.15) is 23.5 Å². The van der Waals surface area contributed by atoms with Gasteiger partial charge in [-0.15, -0.1) is 0 Å². The van der Waals surface area contributed by atoms with Crippen LogP contribution in [0, 0.1) is 23.7 Å². The third-order valence-electron chi connectivity index (χ3n) is 7.21. The predicted octanol–water partition coefficient (Wildman–Crippen LogP) is 1.04. The van der Waals surface area contributed by atoms with Gasteiger partial charge in [-0.25, -0.2) is 8.97 Å². The number of aryl methyl sites for hydroxylation is 1. The van der Waals surface area contributed by atoms with Crippen LogP contribution in [0.15, 0.2) is 9.52 Å². The number of rotatable bonds is 3. The Balaban J connectivity index is 1.30. The first-order chi connectivity index (χ1) is 13.2. The van der Waals surface area contributed by atoms with E-state index in [1.165, 1.54) is 4.90 Å². The molecule has 0 radical (unpaired) electrons. The smallest absolute Gasteiger partial charge is 0.289 e. The number of aromatic nitrogens is 2. The molecule has 8 nitrogen and oxygen atoms in total. The maximum Gasteiger partial charge on any atom is 0.289 e. The zero-order valence-electron chi connectivity index (χ0n) is 16.1. The Bertz CT molecular complexity index is 991. The third kappa shape index (κ3) is 2.06. The molecule has 4 unspecified atom stereocenters. The standard InChI is InChI=1S/C19H22FN6O2/c1-11-22-16(24-28-11)15-19(23-15)5-4-18(17(19,2)3)10-25(18)9-14(27)26-8-12(20)6-13(26)7-21/h10,12-13H,4-6,8-9H2,1-3H3/q+1. The van der Waals surface area contributed by atoms with Crippen LogP contribution in [0.1, 0.15) is 44.8 Å². The van der Waals surface area contributed by atoms with E-state index in [-0.39, 0.29) is 41.9 Å². The number of amides is 1. The van der Waals surface area contributed by atoms with Crippen molar-refractivity contribution in [3.05, 3.63) is 11.7 Å². The first-order valence-electron chi connectivity index (χ1n) is 9.61. The summed E-state index contributed by atoms with van der Waals surface area (Å²) >= 11 is 0. The molecule has 28 heavy (non-hydrogen) atoms. The van der Waals surface area contributed by atoms with Gasteiger partial charge in [0, 0.05) is 19.8 Å². The lowest BCUT2D eigenvalue weighted by Crippen LogP contribution is -2.47. The summed E-state index contributed by atoms with van der Waals surface area (Å²) in [7, 11) is 0. The number of nitriles is 1. The Hall–Kier alpha value is -2.63. The molecule has 4 aliphatic rings.